The average Bonchev–Trinajstić information content (AvgIpc) is 2.54. The van der Waals surface area contributed by atoms with E-state index in [2.05, 4.69) is 35.3 Å². The number of nitrogen functional groups attached to an aromatic ring is 1. The number of rotatable bonds is 1. The van der Waals surface area contributed by atoms with Crippen molar-refractivity contribution in [3.8, 4) is 11.3 Å². The Morgan fingerprint density at radius 3 is 2.45 bits per heavy atom. The van der Waals surface area contributed by atoms with Gasteiger partial charge in [-0.05, 0) is 42.0 Å². The zero-order valence-corrected chi connectivity index (χ0v) is 12.2. The molecule has 1 heterocycles. The van der Waals surface area contributed by atoms with E-state index in [1.54, 1.807) is 0 Å². The van der Waals surface area contributed by atoms with E-state index < -0.39 is 0 Å². The Balaban J connectivity index is 1.96. The Kier molecular flexibility index (Phi) is 2.79. The summed E-state index contributed by atoms with van der Waals surface area (Å²) in [6.45, 7) is 1.99. The minimum atomic E-state index is 0.704. The molecule has 22 heavy (non-hydrogen) atoms. The topological polar surface area (TPSA) is 51.8 Å². The average molecular weight is 285 g/mol. The lowest BCUT2D eigenvalue weighted by molar-refractivity contribution is 1.19. The van der Waals surface area contributed by atoms with E-state index in [0.29, 0.717) is 5.69 Å². The van der Waals surface area contributed by atoms with Crippen LogP contribution in [0, 0.1) is 6.92 Å². The molecule has 0 spiro atoms. The van der Waals surface area contributed by atoms with Gasteiger partial charge in [-0.25, -0.2) is 9.97 Å². The number of aromatic nitrogens is 2. The molecule has 3 aromatic carbocycles. The summed E-state index contributed by atoms with van der Waals surface area (Å²) in [4.78, 5) is 9.43. The summed E-state index contributed by atoms with van der Waals surface area (Å²) in [7, 11) is 0. The lowest BCUT2D eigenvalue weighted by atomic mass is 10.0. The molecule has 0 amide bonds. The number of hydrogen-bond donors (Lipinski definition) is 1. The van der Waals surface area contributed by atoms with Crippen LogP contribution in [0.4, 0.5) is 5.69 Å². The van der Waals surface area contributed by atoms with Gasteiger partial charge in [-0.2, -0.15) is 0 Å². The Labute approximate surface area is 128 Å². The first kappa shape index (κ1) is 12.8. The van der Waals surface area contributed by atoms with Crippen molar-refractivity contribution >= 4 is 27.5 Å². The molecular weight excluding hydrogens is 270 g/mol. The minimum Gasteiger partial charge on any atom is -0.399 e. The summed E-state index contributed by atoms with van der Waals surface area (Å²) < 4.78 is 0. The highest BCUT2D eigenvalue weighted by atomic mass is 14.8. The molecule has 1 aromatic heterocycles. The van der Waals surface area contributed by atoms with Crippen LogP contribution in [0.15, 0.2) is 60.7 Å². The number of anilines is 1. The Hall–Kier alpha value is -2.94. The maximum Gasteiger partial charge on any atom is 0.0922 e. The van der Waals surface area contributed by atoms with Crippen molar-refractivity contribution < 1.29 is 0 Å². The lowest BCUT2D eigenvalue weighted by Gasteiger charge is -2.08. The summed E-state index contributed by atoms with van der Waals surface area (Å²) in [5.41, 5.74) is 11.2. The first-order valence-corrected chi connectivity index (χ1v) is 7.24. The highest BCUT2D eigenvalue weighted by Gasteiger charge is 2.08. The highest BCUT2D eigenvalue weighted by Crippen LogP contribution is 2.27. The van der Waals surface area contributed by atoms with E-state index >= 15 is 0 Å². The van der Waals surface area contributed by atoms with Crippen molar-refractivity contribution in [3.05, 3.63) is 66.4 Å². The summed E-state index contributed by atoms with van der Waals surface area (Å²) >= 11 is 0. The molecule has 0 aliphatic heterocycles. The summed E-state index contributed by atoms with van der Waals surface area (Å²) in [5, 5.41) is 2.43. The van der Waals surface area contributed by atoms with Crippen LogP contribution in [0.3, 0.4) is 0 Å². The van der Waals surface area contributed by atoms with Crippen molar-refractivity contribution in [2.75, 3.05) is 5.73 Å². The third-order valence-electron chi connectivity index (χ3n) is 3.89. The van der Waals surface area contributed by atoms with Crippen molar-refractivity contribution in [2.45, 2.75) is 6.92 Å². The van der Waals surface area contributed by atoms with E-state index in [9.17, 15) is 0 Å². The molecular formula is C19H15N3. The first-order chi connectivity index (χ1) is 10.7. The van der Waals surface area contributed by atoms with Crippen LogP contribution in [0.2, 0.25) is 0 Å². The van der Waals surface area contributed by atoms with Crippen LogP contribution in [0.5, 0.6) is 0 Å². The van der Waals surface area contributed by atoms with Gasteiger partial charge in [-0.1, -0.05) is 36.4 Å². The van der Waals surface area contributed by atoms with E-state index in [1.807, 2.05) is 37.3 Å². The number of aryl methyl sites for hydroxylation is 1. The summed E-state index contributed by atoms with van der Waals surface area (Å²) in [5.74, 6) is 0. The zero-order valence-electron chi connectivity index (χ0n) is 12.2. The van der Waals surface area contributed by atoms with Gasteiger partial charge in [-0.3, -0.25) is 0 Å². The molecule has 0 saturated carbocycles. The van der Waals surface area contributed by atoms with E-state index in [0.717, 1.165) is 28.0 Å². The maximum atomic E-state index is 5.86. The number of benzene rings is 3. The number of nitrogens with two attached hydrogens (primary N) is 1. The summed E-state index contributed by atoms with van der Waals surface area (Å²) in [6.07, 6.45) is 0. The molecule has 0 radical (unpaired) electrons. The molecule has 0 saturated heterocycles. The fourth-order valence-electron chi connectivity index (χ4n) is 2.77. The van der Waals surface area contributed by atoms with Crippen LogP contribution < -0.4 is 5.73 Å². The van der Waals surface area contributed by atoms with E-state index in [-0.39, 0.29) is 0 Å². The Morgan fingerprint density at radius 1 is 0.773 bits per heavy atom. The Bertz CT molecular complexity index is 1010. The molecule has 0 aliphatic rings. The van der Waals surface area contributed by atoms with Crippen molar-refractivity contribution in [2.24, 2.45) is 0 Å². The van der Waals surface area contributed by atoms with Crippen LogP contribution in [0.25, 0.3) is 33.1 Å². The molecule has 0 bridgehead atoms. The maximum absolute atomic E-state index is 5.86. The summed E-state index contributed by atoms with van der Waals surface area (Å²) in [6, 6.07) is 20.3. The largest absolute Gasteiger partial charge is 0.399 e. The van der Waals surface area contributed by atoms with Gasteiger partial charge in [0.1, 0.15) is 0 Å². The SMILES string of the molecule is Cc1nc2ccc(N)cc2nc1-c1ccc2ccccc2c1. The molecule has 4 rings (SSSR count). The molecule has 0 aliphatic carbocycles. The molecule has 106 valence electrons. The van der Waals surface area contributed by atoms with Crippen LogP contribution in [0.1, 0.15) is 5.69 Å². The molecule has 3 heteroatoms. The fourth-order valence-corrected chi connectivity index (χ4v) is 2.77. The third-order valence-corrected chi connectivity index (χ3v) is 3.89. The molecule has 4 aromatic rings. The Morgan fingerprint density at radius 2 is 1.59 bits per heavy atom. The standard InChI is InChI=1S/C19H15N3/c1-12-19(22-18-11-16(20)8-9-17(18)21-12)15-7-6-13-4-2-3-5-14(13)10-15/h2-11H,20H2,1H3. The fraction of sp³-hybridized carbons (Fsp3) is 0.0526. The monoisotopic (exact) mass is 285 g/mol. The molecule has 0 fully saturated rings. The molecule has 3 nitrogen and oxygen atoms in total. The number of hydrogen-bond acceptors (Lipinski definition) is 3. The second-order valence-corrected chi connectivity index (χ2v) is 5.47. The predicted molar refractivity (Wildman–Crippen MR) is 91.6 cm³/mol. The van der Waals surface area contributed by atoms with Gasteiger partial charge in [0.2, 0.25) is 0 Å². The van der Waals surface area contributed by atoms with Crippen molar-refractivity contribution in [1.29, 1.82) is 0 Å². The van der Waals surface area contributed by atoms with Gasteiger partial charge in [-0.15, -0.1) is 0 Å². The normalized spacial score (nSPS) is 11.1. The van der Waals surface area contributed by atoms with Crippen molar-refractivity contribution in [1.82, 2.24) is 9.97 Å². The molecule has 2 N–H and O–H groups in total. The van der Waals surface area contributed by atoms with Crippen LogP contribution in [-0.4, -0.2) is 9.97 Å². The van der Waals surface area contributed by atoms with Gasteiger partial charge >= 0.3 is 0 Å². The van der Waals surface area contributed by atoms with E-state index in [4.69, 9.17) is 10.7 Å². The van der Waals surface area contributed by atoms with Gasteiger partial charge in [0, 0.05) is 11.3 Å². The second-order valence-electron chi connectivity index (χ2n) is 5.47. The van der Waals surface area contributed by atoms with E-state index in [1.165, 1.54) is 10.8 Å². The van der Waals surface area contributed by atoms with Gasteiger partial charge in [0.25, 0.3) is 0 Å². The number of nitrogens with zero attached hydrogens (tertiary/aromatic N) is 2. The second kappa shape index (κ2) is 4.81. The predicted octanol–water partition coefficient (Wildman–Crippen LogP) is 4.34. The van der Waals surface area contributed by atoms with Gasteiger partial charge in [0.05, 0.1) is 22.4 Å². The number of fused-ring (bicyclic) bond motifs is 2. The molecule has 0 atom stereocenters. The third kappa shape index (κ3) is 2.07. The smallest absolute Gasteiger partial charge is 0.0922 e. The zero-order chi connectivity index (χ0) is 15.1. The van der Waals surface area contributed by atoms with Gasteiger partial charge in [0.15, 0.2) is 0 Å². The first-order valence-electron chi connectivity index (χ1n) is 7.24. The van der Waals surface area contributed by atoms with Crippen LogP contribution in [-0.2, 0) is 0 Å². The minimum absolute atomic E-state index is 0.704. The highest BCUT2D eigenvalue weighted by molar-refractivity contribution is 5.88. The molecule has 0 unspecified atom stereocenters. The van der Waals surface area contributed by atoms with Crippen molar-refractivity contribution in [3.63, 3.8) is 0 Å². The lowest BCUT2D eigenvalue weighted by Crippen LogP contribution is -1.95. The quantitative estimate of drug-likeness (QED) is 0.529. The van der Waals surface area contributed by atoms with Gasteiger partial charge < -0.3 is 5.73 Å². The van der Waals surface area contributed by atoms with Crippen LogP contribution >= 0.6 is 0 Å².